The summed E-state index contributed by atoms with van der Waals surface area (Å²) in [5, 5.41) is 9.38. The third-order valence-corrected chi connectivity index (χ3v) is 4.46. The highest BCUT2D eigenvalue weighted by atomic mass is 16.5. The van der Waals surface area contributed by atoms with Gasteiger partial charge in [-0.25, -0.2) is 4.79 Å². The summed E-state index contributed by atoms with van der Waals surface area (Å²) in [6, 6.07) is -0.657. The number of rotatable bonds is 5. The van der Waals surface area contributed by atoms with Gasteiger partial charge in [-0.15, -0.1) is 0 Å². The second-order valence-electron chi connectivity index (χ2n) is 5.48. The molecule has 19 heavy (non-hydrogen) atoms. The number of nitrogens with two attached hydrogens (primary N) is 1. The molecule has 0 bridgehead atoms. The Hall–Kier alpha value is -1.14. The molecule has 1 aliphatic heterocycles. The van der Waals surface area contributed by atoms with Gasteiger partial charge in [-0.05, 0) is 24.7 Å². The smallest absolute Gasteiger partial charge is 0.326 e. The average molecular weight is 270 g/mol. The lowest BCUT2D eigenvalue weighted by molar-refractivity contribution is -0.150. The van der Waals surface area contributed by atoms with Crippen molar-refractivity contribution in [2.75, 3.05) is 20.2 Å². The van der Waals surface area contributed by atoms with Crippen LogP contribution in [0.5, 0.6) is 0 Å². The summed E-state index contributed by atoms with van der Waals surface area (Å²) >= 11 is 0. The van der Waals surface area contributed by atoms with Crippen LogP contribution < -0.4 is 5.73 Å². The van der Waals surface area contributed by atoms with E-state index in [1.807, 2.05) is 0 Å². The third kappa shape index (κ3) is 2.74. The number of hydrogen-bond acceptors (Lipinski definition) is 4. The highest BCUT2D eigenvalue weighted by Crippen LogP contribution is 2.42. The van der Waals surface area contributed by atoms with Gasteiger partial charge in [0.2, 0.25) is 5.91 Å². The summed E-state index contributed by atoms with van der Waals surface area (Å²) < 4.78 is 5.10. The van der Waals surface area contributed by atoms with E-state index < -0.39 is 12.0 Å². The van der Waals surface area contributed by atoms with Gasteiger partial charge in [0.25, 0.3) is 0 Å². The predicted octanol–water partition coefficient (Wildman–Crippen LogP) is 0.0619. The molecule has 0 radical (unpaired) electrons. The van der Waals surface area contributed by atoms with Crippen molar-refractivity contribution < 1.29 is 19.4 Å². The molecule has 6 nitrogen and oxygen atoms in total. The van der Waals surface area contributed by atoms with Gasteiger partial charge in [-0.1, -0.05) is 6.42 Å². The number of carbonyl (C=O) groups is 2. The number of ether oxygens (including phenoxy) is 1. The van der Waals surface area contributed by atoms with Crippen molar-refractivity contribution >= 4 is 11.9 Å². The number of amides is 1. The average Bonchev–Trinajstić information content (AvgIpc) is 2.94. The molecule has 1 amide bonds. The summed E-state index contributed by atoms with van der Waals surface area (Å²) in [6.07, 6.45) is 2.85. The Balaban J connectivity index is 2.06. The fraction of sp³-hybridized carbons (Fsp3) is 0.846. The molecule has 2 rings (SSSR count). The summed E-state index contributed by atoms with van der Waals surface area (Å²) in [7, 11) is 1.51. The van der Waals surface area contributed by atoms with Crippen molar-refractivity contribution in [1.82, 2.24) is 4.90 Å². The maximum absolute atomic E-state index is 12.2. The molecule has 0 aromatic heterocycles. The zero-order valence-electron chi connectivity index (χ0n) is 11.2. The number of carbonyl (C=O) groups excluding carboxylic acids is 1. The van der Waals surface area contributed by atoms with Gasteiger partial charge in [0.15, 0.2) is 0 Å². The van der Waals surface area contributed by atoms with Crippen LogP contribution in [0, 0.1) is 11.8 Å². The zero-order chi connectivity index (χ0) is 14.0. The molecule has 3 N–H and O–H groups in total. The minimum Gasteiger partial charge on any atom is -0.480 e. The number of nitrogens with zero attached hydrogens (tertiary/aromatic N) is 1. The molecule has 6 heteroatoms. The van der Waals surface area contributed by atoms with Gasteiger partial charge in [-0.3, -0.25) is 4.79 Å². The molecule has 4 unspecified atom stereocenters. The SMILES string of the molecule is COC(CN)CC(=O)N1CC2CCCC2C1C(=O)O. The lowest BCUT2D eigenvalue weighted by Crippen LogP contribution is -2.45. The van der Waals surface area contributed by atoms with E-state index >= 15 is 0 Å². The topological polar surface area (TPSA) is 92.9 Å². The second kappa shape index (κ2) is 5.88. The molecule has 108 valence electrons. The van der Waals surface area contributed by atoms with Crippen LogP contribution in [-0.4, -0.2) is 54.2 Å². The van der Waals surface area contributed by atoms with Crippen LogP contribution in [0.4, 0.5) is 0 Å². The fourth-order valence-corrected chi connectivity index (χ4v) is 3.45. The largest absolute Gasteiger partial charge is 0.480 e. The maximum Gasteiger partial charge on any atom is 0.326 e. The third-order valence-electron chi connectivity index (χ3n) is 4.46. The highest BCUT2D eigenvalue weighted by Gasteiger charge is 2.49. The fourth-order valence-electron chi connectivity index (χ4n) is 3.45. The van der Waals surface area contributed by atoms with Crippen molar-refractivity contribution in [2.24, 2.45) is 17.6 Å². The first-order chi connectivity index (χ1) is 9.08. The number of fused-ring (bicyclic) bond motifs is 1. The molecule has 2 aliphatic rings. The summed E-state index contributed by atoms with van der Waals surface area (Å²) in [6.45, 7) is 0.835. The molecule has 2 fully saturated rings. The number of carboxylic acids is 1. The Bertz CT molecular complexity index is 357. The van der Waals surface area contributed by atoms with E-state index in [1.54, 1.807) is 0 Å². The molecule has 0 aromatic carbocycles. The second-order valence-corrected chi connectivity index (χ2v) is 5.48. The molecule has 1 saturated carbocycles. The van der Waals surface area contributed by atoms with E-state index in [0.717, 1.165) is 19.3 Å². The normalized spacial score (nSPS) is 31.3. The Morgan fingerprint density at radius 1 is 1.47 bits per heavy atom. The number of likely N-dealkylation sites (tertiary alicyclic amines) is 1. The predicted molar refractivity (Wildman–Crippen MR) is 68.4 cm³/mol. The lowest BCUT2D eigenvalue weighted by Gasteiger charge is -2.25. The van der Waals surface area contributed by atoms with E-state index in [-0.39, 0.29) is 30.9 Å². The van der Waals surface area contributed by atoms with Crippen molar-refractivity contribution in [3.63, 3.8) is 0 Å². The maximum atomic E-state index is 12.2. The Kier molecular flexibility index (Phi) is 4.42. The highest BCUT2D eigenvalue weighted by molar-refractivity contribution is 5.85. The monoisotopic (exact) mass is 270 g/mol. The van der Waals surface area contributed by atoms with Crippen molar-refractivity contribution in [3.05, 3.63) is 0 Å². The van der Waals surface area contributed by atoms with Crippen molar-refractivity contribution in [3.8, 4) is 0 Å². The molecule has 1 aliphatic carbocycles. The minimum atomic E-state index is -0.885. The summed E-state index contributed by atoms with van der Waals surface area (Å²) in [5.74, 6) is -0.562. The van der Waals surface area contributed by atoms with Crippen molar-refractivity contribution in [2.45, 2.75) is 37.8 Å². The van der Waals surface area contributed by atoms with Gasteiger partial charge >= 0.3 is 5.97 Å². The van der Waals surface area contributed by atoms with E-state index in [2.05, 4.69) is 0 Å². The van der Waals surface area contributed by atoms with Gasteiger partial charge < -0.3 is 20.5 Å². The van der Waals surface area contributed by atoms with Crippen LogP contribution in [0.15, 0.2) is 0 Å². The lowest BCUT2D eigenvalue weighted by atomic mass is 9.94. The number of methoxy groups -OCH3 is 1. The van der Waals surface area contributed by atoms with Gasteiger partial charge in [0.1, 0.15) is 6.04 Å². The standard InChI is InChI=1S/C13H22N2O4/c1-19-9(6-14)5-11(16)15-7-8-3-2-4-10(8)12(15)13(17)18/h8-10,12H,2-7,14H2,1H3,(H,17,18). The molecule has 1 heterocycles. The first kappa shape index (κ1) is 14.3. The van der Waals surface area contributed by atoms with E-state index in [9.17, 15) is 14.7 Å². The molecule has 0 spiro atoms. The first-order valence-electron chi connectivity index (χ1n) is 6.83. The molecular weight excluding hydrogens is 248 g/mol. The Morgan fingerprint density at radius 3 is 2.79 bits per heavy atom. The number of hydrogen-bond donors (Lipinski definition) is 2. The van der Waals surface area contributed by atoms with Gasteiger partial charge in [0, 0.05) is 20.2 Å². The van der Waals surface area contributed by atoms with Crippen LogP contribution in [0.3, 0.4) is 0 Å². The van der Waals surface area contributed by atoms with Crippen LogP contribution in [-0.2, 0) is 14.3 Å². The Labute approximate surface area is 112 Å². The zero-order valence-corrected chi connectivity index (χ0v) is 11.2. The Morgan fingerprint density at radius 2 is 2.21 bits per heavy atom. The van der Waals surface area contributed by atoms with Crippen LogP contribution in [0.25, 0.3) is 0 Å². The van der Waals surface area contributed by atoms with Gasteiger partial charge in [-0.2, -0.15) is 0 Å². The summed E-state index contributed by atoms with van der Waals surface area (Å²) in [4.78, 5) is 25.2. The molecule has 4 atom stereocenters. The van der Waals surface area contributed by atoms with E-state index in [4.69, 9.17) is 10.5 Å². The number of aliphatic carboxylic acids is 1. The van der Waals surface area contributed by atoms with Gasteiger partial charge in [0.05, 0.1) is 12.5 Å². The van der Waals surface area contributed by atoms with Crippen LogP contribution >= 0.6 is 0 Å². The van der Waals surface area contributed by atoms with E-state index in [0.29, 0.717) is 12.5 Å². The van der Waals surface area contributed by atoms with Crippen LogP contribution in [0.2, 0.25) is 0 Å². The molecule has 0 aromatic rings. The minimum absolute atomic E-state index is 0.125. The quantitative estimate of drug-likeness (QED) is 0.737. The van der Waals surface area contributed by atoms with Crippen molar-refractivity contribution in [1.29, 1.82) is 0 Å². The van der Waals surface area contributed by atoms with E-state index in [1.165, 1.54) is 12.0 Å². The molecular formula is C13H22N2O4. The molecule has 1 saturated heterocycles. The first-order valence-corrected chi connectivity index (χ1v) is 6.83. The number of carboxylic acid groups (broad SMARTS) is 1. The summed E-state index contributed by atoms with van der Waals surface area (Å²) in [5.41, 5.74) is 5.50. The van der Waals surface area contributed by atoms with Crippen LogP contribution in [0.1, 0.15) is 25.7 Å².